The number of nitrogens with one attached hydrogen (secondary N) is 2. The molecule has 0 aromatic heterocycles. The van der Waals surface area contributed by atoms with Crippen LogP contribution in [-0.2, 0) is 4.79 Å². The molecule has 0 saturated heterocycles. The van der Waals surface area contributed by atoms with Crippen molar-refractivity contribution in [2.45, 2.75) is 38.8 Å². The Bertz CT molecular complexity index is 512. The Labute approximate surface area is 121 Å². The van der Waals surface area contributed by atoms with E-state index in [1.165, 1.54) is 0 Å². The number of halogens is 1. The minimum absolute atomic E-state index is 0.125. The molecule has 0 bridgehead atoms. The third-order valence-electron chi connectivity index (χ3n) is 3.03. The lowest BCUT2D eigenvalue weighted by atomic mass is 10.1. The van der Waals surface area contributed by atoms with Gasteiger partial charge in [0.2, 0.25) is 5.91 Å². The highest BCUT2D eigenvalue weighted by atomic mass is 79.9. The van der Waals surface area contributed by atoms with E-state index in [9.17, 15) is 9.59 Å². The maximum absolute atomic E-state index is 12.1. The molecule has 1 saturated carbocycles. The molecule has 0 heterocycles. The van der Waals surface area contributed by atoms with Gasteiger partial charge in [0.1, 0.15) is 6.04 Å². The minimum Gasteiger partial charge on any atom is -0.352 e. The Morgan fingerprint density at radius 1 is 1.37 bits per heavy atom. The monoisotopic (exact) mass is 324 g/mol. The summed E-state index contributed by atoms with van der Waals surface area (Å²) in [6, 6.07) is 5.33. The molecule has 1 aromatic carbocycles. The lowest BCUT2D eigenvalue weighted by Crippen LogP contribution is -2.45. The van der Waals surface area contributed by atoms with Crippen LogP contribution >= 0.6 is 15.9 Å². The SMILES string of the molecule is Cc1ccc(Br)c(C(=O)NC(C)C(=O)NC2CC2)c1. The van der Waals surface area contributed by atoms with E-state index in [4.69, 9.17) is 0 Å². The van der Waals surface area contributed by atoms with Crippen LogP contribution < -0.4 is 10.6 Å². The molecule has 1 unspecified atom stereocenters. The largest absolute Gasteiger partial charge is 0.352 e. The Morgan fingerprint density at radius 3 is 2.68 bits per heavy atom. The maximum Gasteiger partial charge on any atom is 0.253 e. The van der Waals surface area contributed by atoms with E-state index >= 15 is 0 Å². The van der Waals surface area contributed by atoms with Gasteiger partial charge in [-0.1, -0.05) is 11.6 Å². The van der Waals surface area contributed by atoms with Crippen LogP contribution in [0.25, 0.3) is 0 Å². The van der Waals surface area contributed by atoms with E-state index in [0.717, 1.165) is 22.9 Å². The van der Waals surface area contributed by atoms with Crippen LogP contribution in [0, 0.1) is 6.92 Å². The first kappa shape index (κ1) is 14.1. The second kappa shape index (κ2) is 5.74. The van der Waals surface area contributed by atoms with E-state index in [-0.39, 0.29) is 11.8 Å². The van der Waals surface area contributed by atoms with Crippen LogP contribution in [0.5, 0.6) is 0 Å². The summed E-state index contributed by atoms with van der Waals surface area (Å²) < 4.78 is 0.727. The van der Waals surface area contributed by atoms with Gasteiger partial charge in [0.05, 0.1) is 5.56 Å². The fourth-order valence-electron chi connectivity index (χ4n) is 1.71. The Kier molecular flexibility index (Phi) is 4.24. The summed E-state index contributed by atoms with van der Waals surface area (Å²) in [6.07, 6.45) is 2.08. The van der Waals surface area contributed by atoms with Crippen molar-refractivity contribution in [3.05, 3.63) is 33.8 Å². The Balaban J connectivity index is 1.99. The van der Waals surface area contributed by atoms with Gasteiger partial charge >= 0.3 is 0 Å². The van der Waals surface area contributed by atoms with Crippen molar-refractivity contribution < 1.29 is 9.59 Å². The lowest BCUT2D eigenvalue weighted by Gasteiger charge is -2.14. The predicted molar refractivity (Wildman–Crippen MR) is 77.0 cm³/mol. The van der Waals surface area contributed by atoms with Crippen LogP contribution in [0.15, 0.2) is 22.7 Å². The molecule has 19 heavy (non-hydrogen) atoms. The minimum atomic E-state index is -0.527. The van der Waals surface area contributed by atoms with Gasteiger partial charge < -0.3 is 10.6 Å². The van der Waals surface area contributed by atoms with Crippen molar-refractivity contribution >= 4 is 27.7 Å². The van der Waals surface area contributed by atoms with Gasteiger partial charge in [0.25, 0.3) is 5.91 Å². The molecule has 1 aromatic rings. The number of amides is 2. The number of carbonyl (C=O) groups is 2. The first-order chi connectivity index (χ1) is 8.97. The van der Waals surface area contributed by atoms with E-state index < -0.39 is 6.04 Å². The zero-order valence-corrected chi connectivity index (χ0v) is 12.6. The maximum atomic E-state index is 12.1. The van der Waals surface area contributed by atoms with Crippen molar-refractivity contribution in [1.29, 1.82) is 0 Å². The first-order valence-corrected chi connectivity index (χ1v) is 7.14. The molecule has 4 nitrogen and oxygen atoms in total. The topological polar surface area (TPSA) is 58.2 Å². The van der Waals surface area contributed by atoms with E-state index in [1.54, 1.807) is 13.0 Å². The summed E-state index contributed by atoms with van der Waals surface area (Å²) in [5.74, 6) is -0.367. The first-order valence-electron chi connectivity index (χ1n) is 6.35. The summed E-state index contributed by atoms with van der Waals surface area (Å²) in [7, 11) is 0. The molecular formula is C14H17BrN2O2. The van der Waals surface area contributed by atoms with Crippen LogP contribution in [0.4, 0.5) is 0 Å². The zero-order chi connectivity index (χ0) is 14.0. The molecule has 2 N–H and O–H groups in total. The van der Waals surface area contributed by atoms with Gasteiger partial charge in [-0.05, 0) is 54.8 Å². The number of rotatable bonds is 4. The summed E-state index contributed by atoms with van der Waals surface area (Å²) >= 11 is 3.35. The summed E-state index contributed by atoms with van der Waals surface area (Å²) in [5, 5.41) is 5.59. The van der Waals surface area contributed by atoms with Crippen molar-refractivity contribution in [2.75, 3.05) is 0 Å². The van der Waals surface area contributed by atoms with Gasteiger partial charge in [-0.2, -0.15) is 0 Å². The number of benzene rings is 1. The highest BCUT2D eigenvalue weighted by molar-refractivity contribution is 9.10. The second-order valence-electron chi connectivity index (χ2n) is 4.96. The van der Waals surface area contributed by atoms with E-state index in [0.29, 0.717) is 11.6 Å². The van der Waals surface area contributed by atoms with Crippen molar-refractivity contribution in [2.24, 2.45) is 0 Å². The summed E-state index contributed by atoms with van der Waals surface area (Å²) in [5.41, 5.74) is 1.55. The summed E-state index contributed by atoms with van der Waals surface area (Å²) in [6.45, 7) is 3.62. The summed E-state index contributed by atoms with van der Waals surface area (Å²) in [4.78, 5) is 23.9. The standard InChI is InChI=1S/C14H17BrN2O2/c1-8-3-6-12(15)11(7-8)14(19)16-9(2)13(18)17-10-4-5-10/h3,6-7,9-10H,4-5H2,1-2H3,(H,16,19)(H,17,18). The van der Waals surface area contributed by atoms with Gasteiger partial charge in [0, 0.05) is 10.5 Å². The van der Waals surface area contributed by atoms with Crippen molar-refractivity contribution in [1.82, 2.24) is 10.6 Å². The van der Waals surface area contributed by atoms with Crippen molar-refractivity contribution in [3.8, 4) is 0 Å². The highest BCUT2D eigenvalue weighted by Gasteiger charge is 2.26. The molecule has 2 rings (SSSR count). The molecule has 1 aliphatic carbocycles. The highest BCUT2D eigenvalue weighted by Crippen LogP contribution is 2.19. The molecule has 1 fully saturated rings. The molecule has 2 amide bonds. The number of aryl methyl sites for hydroxylation is 1. The van der Waals surface area contributed by atoms with Gasteiger partial charge in [-0.15, -0.1) is 0 Å². The predicted octanol–water partition coefficient (Wildman–Crippen LogP) is 2.15. The van der Waals surface area contributed by atoms with E-state index in [2.05, 4.69) is 26.6 Å². The average Bonchev–Trinajstić information content (AvgIpc) is 3.15. The average molecular weight is 325 g/mol. The number of hydrogen-bond acceptors (Lipinski definition) is 2. The molecule has 102 valence electrons. The molecule has 0 aliphatic heterocycles. The van der Waals surface area contributed by atoms with Gasteiger partial charge in [-0.3, -0.25) is 9.59 Å². The zero-order valence-electron chi connectivity index (χ0n) is 11.0. The fraction of sp³-hybridized carbons (Fsp3) is 0.429. The normalized spacial score (nSPS) is 15.7. The molecule has 1 atom stereocenters. The Hall–Kier alpha value is -1.36. The van der Waals surface area contributed by atoms with Crippen LogP contribution in [0.2, 0.25) is 0 Å². The lowest BCUT2D eigenvalue weighted by molar-refractivity contribution is -0.122. The van der Waals surface area contributed by atoms with Crippen molar-refractivity contribution in [3.63, 3.8) is 0 Å². The second-order valence-corrected chi connectivity index (χ2v) is 5.82. The number of hydrogen-bond donors (Lipinski definition) is 2. The van der Waals surface area contributed by atoms with Gasteiger partial charge in [-0.25, -0.2) is 0 Å². The van der Waals surface area contributed by atoms with Crippen LogP contribution in [-0.4, -0.2) is 23.9 Å². The molecule has 5 heteroatoms. The smallest absolute Gasteiger partial charge is 0.253 e. The van der Waals surface area contributed by atoms with E-state index in [1.807, 2.05) is 19.1 Å². The molecule has 1 aliphatic rings. The third-order valence-corrected chi connectivity index (χ3v) is 3.72. The fourth-order valence-corrected chi connectivity index (χ4v) is 2.13. The molecule has 0 radical (unpaired) electrons. The number of carbonyl (C=O) groups excluding carboxylic acids is 2. The Morgan fingerprint density at radius 2 is 2.05 bits per heavy atom. The van der Waals surface area contributed by atoms with Crippen LogP contribution in [0.3, 0.4) is 0 Å². The molecular weight excluding hydrogens is 308 g/mol. The molecule has 0 spiro atoms. The quantitative estimate of drug-likeness (QED) is 0.891. The third kappa shape index (κ3) is 3.80. The van der Waals surface area contributed by atoms with Gasteiger partial charge in [0.15, 0.2) is 0 Å². The van der Waals surface area contributed by atoms with Crippen LogP contribution in [0.1, 0.15) is 35.7 Å².